The fourth-order valence-corrected chi connectivity index (χ4v) is 1.80. The number of hydrogen-bond acceptors (Lipinski definition) is 3. The molecule has 3 nitrogen and oxygen atoms in total. The molecule has 0 fully saturated rings. The van der Waals surface area contributed by atoms with Crippen molar-refractivity contribution in [1.29, 1.82) is 0 Å². The predicted molar refractivity (Wildman–Crippen MR) is 58.2 cm³/mol. The van der Waals surface area contributed by atoms with Crippen LogP contribution in [0.5, 0.6) is 0 Å². The summed E-state index contributed by atoms with van der Waals surface area (Å²) in [6.45, 7) is 0. The molecule has 0 radical (unpaired) electrons. The smallest absolute Gasteiger partial charge is 0.111 e. The first-order valence-corrected chi connectivity index (χ1v) is 5.52. The van der Waals surface area contributed by atoms with Gasteiger partial charge in [-0.1, -0.05) is 6.07 Å². The zero-order chi connectivity index (χ0) is 10.6. The number of aromatic nitrogens is 1. The molecule has 0 bridgehead atoms. The van der Waals surface area contributed by atoms with Crippen LogP contribution >= 0.6 is 27.5 Å². The number of rotatable bonds is 4. The molecule has 1 heterocycles. The summed E-state index contributed by atoms with van der Waals surface area (Å²) in [7, 11) is 0. The van der Waals surface area contributed by atoms with Crippen LogP contribution in [0.2, 0.25) is 0 Å². The first kappa shape index (κ1) is 11.9. The molecule has 2 unspecified atom stereocenters. The topological polar surface area (TPSA) is 53.4 Å². The van der Waals surface area contributed by atoms with Crippen molar-refractivity contribution < 1.29 is 10.2 Å². The highest BCUT2D eigenvalue weighted by molar-refractivity contribution is 9.10. The number of alkyl halides is 1. The Morgan fingerprint density at radius 2 is 2.21 bits per heavy atom. The third-order valence-electron chi connectivity index (χ3n) is 1.88. The lowest BCUT2D eigenvalue weighted by Gasteiger charge is -2.17. The minimum Gasteiger partial charge on any atom is -0.390 e. The van der Waals surface area contributed by atoms with E-state index in [-0.39, 0.29) is 0 Å². The van der Waals surface area contributed by atoms with E-state index >= 15 is 0 Å². The zero-order valence-corrected chi connectivity index (χ0v) is 9.74. The molecule has 2 N–H and O–H groups in total. The van der Waals surface area contributed by atoms with Gasteiger partial charge in [0, 0.05) is 17.6 Å². The molecule has 5 heteroatoms. The van der Waals surface area contributed by atoms with Crippen molar-refractivity contribution in [2.24, 2.45) is 0 Å². The van der Waals surface area contributed by atoms with E-state index in [0.717, 1.165) is 0 Å². The van der Waals surface area contributed by atoms with Crippen molar-refractivity contribution in [3.63, 3.8) is 0 Å². The van der Waals surface area contributed by atoms with Gasteiger partial charge in [0.2, 0.25) is 0 Å². The summed E-state index contributed by atoms with van der Waals surface area (Å²) in [4.78, 5) is 3.96. The van der Waals surface area contributed by atoms with Gasteiger partial charge >= 0.3 is 0 Å². The lowest BCUT2D eigenvalue weighted by molar-refractivity contribution is 0.0163. The van der Waals surface area contributed by atoms with Crippen LogP contribution in [0.3, 0.4) is 0 Å². The Hall–Kier alpha value is -0.160. The average Bonchev–Trinajstić information content (AvgIpc) is 2.18. The number of halogens is 2. The van der Waals surface area contributed by atoms with E-state index in [1.807, 2.05) is 0 Å². The molecule has 0 amide bonds. The van der Waals surface area contributed by atoms with Gasteiger partial charge in [0.15, 0.2) is 0 Å². The maximum absolute atomic E-state index is 9.72. The fraction of sp³-hybridized carbons (Fsp3) is 0.444. The normalized spacial score (nSPS) is 15.1. The van der Waals surface area contributed by atoms with Crippen LogP contribution in [0.1, 0.15) is 18.1 Å². The summed E-state index contributed by atoms with van der Waals surface area (Å²) in [6, 6.07) is 3.41. The molecule has 0 saturated heterocycles. The van der Waals surface area contributed by atoms with Gasteiger partial charge in [-0.2, -0.15) is 0 Å². The molecule has 14 heavy (non-hydrogen) atoms. The standard InChI is InChI=1S/C9H11BrClNO2/c10-9-6(2-1-5-12-9)8(14)7(13)3-4-11/h1-2,5,7-8,13-14H,3-4H2. The van der Waals surface area contributed by atoms with Gasteiger partial charge < -0.3 is 10.2 Å². The molecule has 0 saturated carbocycles. The van der Waals surface area contributed by atoms with E-state index in [0.29, 0.717) is 22.5 Å². The van der Waals surface area contributed by atoms with Gasteiger partial charge in [0.25, 0.3) is 0 Å². The summed E-state index contributed by atoms with van der Waals surface area (Å²) in [6.07, 6.45) is 0.156. The van der Waals surface area contributed by atoms with Crippen LogP contribution in [0.25, 0.3) is 0 Å². The van der Waals surface area contributed by atoms with Crippen molar-refractivity contribution in [2.45, 2.75) is 18.6 Å². The Bertz CT molecular complexity index is 298. The number of pyridine rings is 1. The highest BCUT2D eigenvalue weighted by atomic mass is 79.9. The summed E-state index contributed by atoms with van der Waals surface area (Å²) < 4.78 is 0.543. The van der Waals surface area contributed by atoms with Crippen LogP contribution in [0.15, 0.2) is 22.9 Å². The maximum atomic E-state index is 9.72. The minimum absolute atomic E-state index is 0.316. The van der Waals surface area contributed by atoms with Crippen molar-refractivity contribution in [3.8, 4) is 0 Å². The van der Waals surface area contributed by atoms with Gasteiger partial charge in [-0.25, -0.2) is 4.98 Å². The Balaban J connectivity index is 2.78. The largest absolute Gasteiger partial charge is 0.390 e. The minimum atomic E-state index is -0.947. The van der Waals surface area contributed by atoms with Crippen molar-refractivity contribution in [3.05, 3.63) is 28.5 Å². The van der Waals surface area contributed by atoms with Crippen molar-refractivity contribution in [1.82, 2.24) is 4.98 Å². The molecule has 0 spiro atoms. The Kier molecular flexibility index (Phi) is 4.81. The van der Waals surface area contributed by atoms with Crippen molar-refractivity contribution in [2.75, 3.05) is 5.88 Å². The monoisotopic (exact) mass is 279 g/mol. The molecular formula is C9H11BrClNO2. The molecule has 0 aliphatic rings. The lowest BCUT2D eigenvalue weighted by Crippen LogP contribution is -2.19. The van der Waals surface area contributed by atoms with E-state index in [9.17, 15) is 10.2 Å². The van der Waals surface area contributed by atoms with Crippen LogP contribution in [0, 0.1) is 0 Å². The summed E-state index contributed by atoms with van der Waals surface area (Å²) in [5.74, 6) is 0.316. The second-order valence-electron chi connectivity index (χ2n) is 2.87. The van der Waals surface area contributed by atoms with Gasteiger partial charge in [0.05, 0.1) is 6.10 Å². The van der Waals surface area contributed by atoms with Crippen LogP contribution in [-0.2, 0) is 0 Å². The second kappa shape index (κ2) is 5.66. The molecule has 1 aromatic rings. The molecule has 0 aromatic carbocycles. The van der Waals surface area contributed by atoms with E-state index in [1.165, 1.54) is 0 Å². The van der Waals surface area contributed by atoms with E-state index < -0.39 is 12.2 Å². The average molecular weight is 281 g/mol. The van der Waals surface area contributed by atoms with Gasteiger partial charge in [-0.15, -0.1) is 11.6 Å². The van der Waals surface area contributed by atoms with Crippen molar-refractivity contribution >= 4 is 27.5 Å². The Morgan fingerprint density at radius 1 is 1.50 bits per heavy atom. The summed E-state index contributed by atoms with van der Waals surface area (Å²) in [5.41, 5.74) is 0.574. The molecule has 0 aliphatic heterocycles. The van der Waals surface area contributed by atoms with Gasteiger partial charge in [0.1, 0.15) is 10.7 Å². The summed E-state index contributed by atoms with van der Waals surface area (Å²) in [5, 5.41) is 19.2. The second-order valence-corrected chi connectivity index (χ2v) is 4.00. The van der Waals surface area contributed by atoms with Gasteiger partial charge in [-0.05, 0) is 28.4 Å². The number of aliphatic hydroxyl groups is 2. The molecular weight excluding hydrogens is 269 g/mol. The summed E-state index contributed by atoms with van der Waals surface area (Å²) >= 11 is 8.67. The van der Waals surface area contributed by atoms with Crippen LogP contribution < -0.4 is 0 Å². The highest BCUT2D eigenvalue weighted by Gasteiger charge is 2.20. The first-order chi connectivity index (χ1) is 6.66. The SMILES string of the molecule is OC(CCCl)C(O)c1cccnc1Br. The zero-order valence-electron chi connectivity index (χ0n) is 7.40. The van der Waals surface area contributed by atoms with Gasteiger partial charge in [-0.3, -0.25) is 0 Å². The van der Waals surface area contributed by atoms with E-state index in [1.54, 1.807) is 18.3 Å². The number of aliphatic hydroxyl groups excluding tert-OH is 2. The molecule has 2 atom stereocenters. The molecule has 1 aromatic heterocycles. The van der Waals surface area contributed by atoms with Crippen LogP contribution in [0.4, 0.5) is 0 Å². The third kappa shape index (κ3) is 2.92. The lowest BCUT2D eigenvalue weighted by atomic mass is 10.1. The van der Waals surface area contributed by atoms with E-state index in [2.05, 4.69) is 20.9 Å². The van der Waals surface area contributed by atoms with Crippen LogP contribution in [-0.4, -0.2) is 27.2 Å². The maximum Gasteiger partial charge on any atom is 0.111 e. The number of nitrogens with zero attached hydrogens (tertiary/aromatic N) is 1. The Labute approximate surface area is 95.9 Å². The highest BCUT2D eigenvalue weighted by Crippen LogP contribution is 2.24. The molecule has 1 rings (SSSR count). The molecule has 0 aliphatic carbocycles. The first-order valence-electron chi connectivity index (χ1n) is 4.19. The molecule has 78 valence electrons. The number of hydrogen-bond donors (Lipinski definition) is 2. The quantitative estimate of drug-likeness (QED) is 0.654. The van der Waals surface area contributed by atoms with E-state index in [4.69, 9.17) is 11.6 Å². The Morgan fingerprint density at radius 3 is 2.79 bits per heavy atom. The third-order valence-corrected chi connectivity index (χ3v) is 2.76. The predicted octanol–water partition coefficient (Wildman–Crippen LogP) is 1.87. The fourth-order valence-electron chi connectivity index (χ4n) is 1.10.